The molecule has 0 aromatic carbocycles. The van der Waals surface area contributed by atoms with E-state index in [1.54, 1.807) is 0 Å². The maximum atomic E-state index is 5.76. The molecule has 0 aliphatic carbocycles. The molecular formula is C12H20N4. The average Bonchev–Trinajstić information content (AvgIpc) is 2.73. The van der Waals surface area contributed by atoms with E-state index in [1.807, 2.05) is 19.4 Å². The van der Waals surface area contributed by atoms with Crippen LogP contribution in [0.5, 0.6) is 0 Å². The molecule has 1 unspecified atom stereocenters. The fourth-order valence-electron chi connectivity index (χ4n) is 1.59. The molecule has 0 saturated carbocycles. The van der Waals surface area contributed by atoms with Gasteiger partial charge in [0.15, 0.2) is 0 Å². The van der Waals surface area contributed by atoms with E-state index < -0.39 is 0 Å². The van der Waals surface area contributed by atoms with Crippen molar-refractivity contribution in [2.45, 2.75) is 32.9 Å². The molecule has 1 rings (SSSR count). The first-order valence-electron chi connectivity index (χ1n) is 5.55. The minimum atomic E-state index is 0.116. The van der Waals surface area contributed by atoms with Gasteiger partial charge in [-0.1, -0.05) is 5.92 Å². The number of aromatic nitrogens is 2. The highest BCUT2D eigenvalue weighted by Crippen LogP contribution is 2.15. The highest BCUT2D eigenvalue weighted by molar-refractivity contribution is 5.08. The van der Waals surface area contributed by atoms with Crippen LogP contribution in [0.4, 0.5) is 0 Å². The van der Waals surface area contributed by atoms with E-state index in [0.717, 1.165) is 5.69 Å². The Balaban J connectivity index is 2.76. The maximum absolute atomic E-state index is 5.76. The number of nitrogens with one attached hydrogen (secondary N) is 1. The molecule has 4 nitrogen and oxygen atoms in total. The maximum Gasteiger partial charge on any atom is 0.0951 e. The number of imidazole rings is 1. The summed E-state index contributed by atoms with van der Waals surface area (Å²) in [5.74, 6) is 5.83. The Kier molecular flexibility index (Phi) is 5.03. The third-order valence-corrected chi connectivity index (χ3v) is 2.46. The predicted molar refractivity (Wildman–Crippen MR) is 65.9 cm³/mol. The summed E-state index contributed by atoms with van der Waals surface area (Å²) in [6.45, 7) is 7.29. The summed E-state index contributed by atoms with van der Waals surface area (Å²) in [7, 11) is 0. The second-order valence-corrected chi connectivity index (χ2v) is 3.92. The number of nitrogens with zero attached hydrogens (tertiary/aromatic N) is 2. The molecule has 0 aliphatic heterocycles. The summed E-state index contributed by atoms with van der Waals surface area (Å²) in [6, 6.07) is 0.511. The quantitative estimate of drug-likeness (QED) is 0.730. The summed E-state index contributed by atoms with van der Waals surface area (Å²) < 4.78 is 2.13. The molecule has 0 aliphatic rings. The van der Waals surface area contributed by atoms with E-state index in [1.165, 1.54) is 0 Å². The standard InChI is InChI=1S/C12H20N4/c1-4-5-6-15-11(7-13)12-8-14-9-16(12)10(2)3/h8-11,15H,6-7,13H2,1-3H3. The van der Waals surface area contributed by atoms with Crippen molar-refractivity contribution in [3.63, 3.8) is 0 Å². The Hall–Kier alpha value is -1.31. The highest BCUT2D eigenvalue weighted by Gasteiger charge is 2.14. The lowest BCUT2D eigenvalue weighted by atomic mass is 10.2. The molecule has 88 valence electrons. The van der Waals surface area contributed by atoms with Gasteiger partial charge in [-0.2, -0.15) is 0 Å². The van der Waals surface area contributed by atoms with Gasteiger partial charge in [-0.05, 0) is 20.8 Å². The largest absolute Gasteiger partial charge is 0.331 e. The van der Waals surface area contributed by atoms with E-state index in [2.05, 4.69) is 40.6 Å². The number of nitrogens with two attached hydrogens (primary N) is 1. The van der Waals surface area contributed by atoms with Crippen molar-refractivity contribution in [3.05, 3.63) is 18.2 Å². The minimum Gasteiger partial charge on any atom is -0.331 e. The van der Waals surface area contributed by atoms with Crippen molar-refractivity contribution in [1.29, 1.82) is 0 Å². The zero-order chi connectivity index (χ0) is 12.0. The molecule has 4 heteroatoms. The van der Waals surface area contributed by atoms with Crippen molar-refractivity contribution >= 4 is 0 Å². The fraction of sp³-hybridized carbons (Fsp3) is 0.583. The summed E-state index contributed by atoms with van der Waals surface area (Å²) >= 11 is 0. The van der Waals surface area contributed by atoms with Gasteiger partial charge in [0.2, 0.25) is 0 Å². The fourth-order valence-corrected chi connectivity index (χ4v) is 1.59. The highest BCUT2D eigenvalue weighted by atomic mass is 15.1. The van der Waals surface area contributed by atoms with Gasteiger partial charge in [-0.3, -0.25) is 5.32 Å². The molecule has 0 bridgehead atoms. The summed E-state index contributed by atoms with van der Waals surface area (Å²) in [6.07, 6.45) is 3.71. The summed E-state index contributed by atoms with van der Waals surface area (Å²) in [4.78, 5) is 4.17. The van der Waals surface area contributed by atoms with Gasteiger partial charge in [0.05, 0.1) is 24.6 Å². The van der Waals surface area contributed by atoms with E-state index in [9.17, 15) is 0 Å². The number of hydrogen-bond donors (Lipinski definition) is 2. The molecule has 1 atom stereocenters. The molecule has 1 heterocycles. The molecule has 0 fully saturated rings. The van der Waals surface area contributed by atoms with Crippen LogP contribution >= 0.6 is 0 Å². The first-order chi connectivity index (χ1) is 7.70. The molecular weight excluding hydrogens is 200 g/mol. The second kappa shape index (κ2) is 6.31. The van der Waals surface area contributed by atoms with Crippen LogP contribution in [-0.4, -0.2) is 22.6 Å². The molecule has 0 saturated heterocycles. The van der Waals surface area contributed by atoms with Crippen LogP contribution in [0.3, 0.4) is 0 Å². The van der Waals surface area contributed by atoms with Crippen molar-refractivity contribution in [2.24, 2.45) is 5.73 Å². The monoisotopic (exact) mass is 220 g/mol. The van der Waals surface area contributed by atoms with Crippen molar-refractivity contribution < 1.29 is 0 Å². The van der Waals surface area contributed by atoms with Crippen LogP contribution < -0.4 is 11.1 Å². The molecule has 1 aromatic rings. The topological polar surface area (TPSA) is 55.9 Å². The van der Waals surface area contributed by atoms with Gasteiger partial charge in [-0.15, -0.1) is 5.92 Å². The molecule has 0 amide bonds. The minimum absolute atomic E-state index is 0.116. The Morgan fingerprint density at radius 1 is 1.56 bits per heavy atom. The molecule has 0 spiro atoms. The molecule has 0 radical (unpaired) electrons. The normalized spacial score (nSPS) is 12.3. The lowest BCUT2D eigenvalue weighted by Gasteiger charge is -2.19. The van der Waals surface area contributed by atoms with E-state index in [-0.39, 0.29) is 6.04 Å². The van der Waals surface area contributed by atoms with Crippen LogP contribution in [0.15, 0.2) is 12.5 Å². The molecule has 16 heavy (non-hydrogen) atoms. The lowest BCUT2D eigenvalue weighted by Crippen LogP contribution is -2.30. The second-order valence-electron chi connectivity index (χ2n) is 3.92. The van der Waals surface area contributed by atoms with E-state index in [0.29, 0.717) is 19.1 Å². The number of hydrogen-bond acceptors (Lipinski definition) is 3. The Morgan fingerprint density at radius 2 is 2.31 bits per heavy atom. The van der Waals surface area contributed by atoms with E-state index in [4.69, 9.17) is 5.73 Å². The number of rotatable bonds is 5. The SMILES string of the molecule is CC#CCNC(CN)c1cncn1C(C)C. The van der Waals surface area contributed by atoms with Crippen molar-refractivity contribution in [2.75, 3.05) is 13.1 Å². The van der Waals surface area contributed by atoms with Gasteiger partial charge in [0, 0.05) is 18.8 Å². The van der Waals surface area contributed by atoms with Gasteiger partial charge < -0.3 is 10.3 Å². The summed E-state index contributed by atoms with van der Waals surface area (Å²) in [5.41, 5.74) is 6.88. The zero-order valence-corrected chi connectivity index (χ0v) is 10.2. The third-order valence-electron chi connectivity index (χ3n) is 2.46. The van der Waals surface area contributed by atoms with Crippen LogP contribution in [0.2, 0.25) is 0 Å². The van der Waals surface area contributed by atoms with Gasteiger partial charge in [0.1, 0.15) is 0 Å². The van der Waals surface area contributed by atoms with Gasteiger partial charge >= 0.3 is 0 Å². The third kappa shape index (κ3) is 3.09. The average molecular weight is 220 g/mol. The van der Waals surface area contributed by atoms with Crippen LogP contribution in [-0.2, 0) is 0 Å². The van der Waals surface area contributed by atoms with Crippen molar-refractivity contribution in [1.82, 2.24) is 14.9 Å². The summed E-state index contributed by atoms with van der Waals surface area (Å²) in [5, 5.41) is 3.31. The Labute approximate surface area is 97.2 Å². The molecule has 1 aromatic heterocycles. The Bertz CT molecular complexity index is 370. The molecule has 3 N–H and O–H groups in total. The zero-order valence-electron chi connectivity index (χ0n) is 10.2. The van der Waals surface area contributed by atoms with Crippen LogP contribution in [0.25, 0.3) is 0 Å². The van der Waals surface area contributed by atoms with Crippen LogP contribution in [0.1, 0.15) is 38.5 Å². The van der Waals surface area contributed by atoms with Gasteiger partial charge in [0.25, 0.3) is 0 Å². The van der Waals surface area contributed by atoms with Gasteiger partial charge in [-0.25, -0.2) is 4.98 Å². The first kappa shape index (κ1) is 12.8. The Morgan fingerprint density at radius 3 is 2.88 bits per heavy atom. The van der Waals surface area contributed by atoms with Crippen LogP contribution in [0, 0.1) is 11.8 Å². The predicted octanol–water partition coefficient (Wildman–Crippen LogP) is 1.08. The lowest BCUT2D eigenvalue weighted by molar-refractivity contribution is 0.497. The van der Waals surface area contributed by atoms with E-state index >= 15 is 0 Å². The first-order valence-corrected chi connectivity index (χ1v) is 5.55. The smallest absolute Gasteiger partial charge is 0.0951 e. The van der Waals surface area contributed by atoms with Crippen molar-refractivity contribution in [3.8, 4) is 11.8 Å².